The van der Waals surface area contributed by atoms with Gasteiger partial charge < -0.3 is 5.32 Å². The predicted molar refractivity (Wildman–Crippen MR) is 68.3 cm³/mol. The van der Waals surface area contributed by atoms with Crippen LogP contribution in [0, 0.1) is 5.92 Å². The third-order valence-corrected chi connectivity index (χ3v) is 3.39. The third kappa shape index (κ3) is 3.06. The molecule has 0 amide bonds. The molecule has 0 aromatic heterocycles. The van der Waals surface area contributed by atoms with Gasteiger partial charge in [0.05, 0.1) is 0 Å². The first kappa shape index (κ1) is 11.6. The van der Waals surface area contributed by atoms with Crippen molar-refractivity contribution in [1.29, 1.82) is 0 Å². The molecule has 2 heteroatoms. The van der Waals surface area contributed by atoms with Crippen molar-refractivity contribution in [3.8, 4) is 0 Å². The molecule has 0 bridgehead atoms. The van der Waals surface area contributed by atoms with E-state index >= 15 is 0 Å². The van der Waals surface area contributed by atoms with E-state index in [-0.39, 0.29) is 0 Å². The Morgan fingerprint density at radius 1 is 1.25 bits per heavy atom. The van der Waals surface area contributed by atoms with Crippen LogP contribution in [0.4, 0.5) is 0 Å². The molecule has 1 aliphatic rings. The zero-order chi connectivity index (χ0) is 11.4. The molecule has 0 spiro atoms. The summed E-state index contributed by atoms with van der Waals surface area (Å²) in [5, 5.41) is 3.41. The summed E-state index contributed by atoms with van der Waals surface area (Å²) in [6.07, 6.45) is 1.31. The number of benzene rings is 1. The molecule has 2 rings (SSSR count). The zero-order valence-electron chi connectivity index (χ0n) is 10.3. The van der Waals surface area contributed by atoms with Gasteiger partial charge in [-0.05, 0) is 24.9 Å². The van der Waals surface area contributed by atoms with Gasteiger partial charge in [-0.2, -0.15) is 0 Å². The fourth-order valence-corrected chi connectivity index (χ4v) is 2.64. The predicted octanol–water partition coefficient (Wildman–Crippen LogP) is 2.12. The van der Waals surface area contributed by atoms with Crippen molar-refractivity contribution >= 4 is 0 Å². The van der Waals surface area contributed by atoms with E-state index in [1.54, 1.807) is 0 Å². The van der Waals surface area contributed by atoms with Crippen LogP contribution in [0.2, 0.25) is 0 Å². The molecule has 0 aliphatic carbocycles. The molecule has 2 nitrogen and oxygen atoms in total. The maximum absolute atomic E-state index is 3.41. The molecule has 0 saturated carbocycles. The number of rotatable bonds is 3. The first-order chi connectivity index (χ1) is 7.78. The molecule has 1 saturated heterocycles. The van der Waals surface area contributed by atoms with Gasteiger partial charge >= 0.3 is 0 Å². The molecule has 16 heavy (non-hydrogen) atoms. The second-order valence-electron chi connectivity index (χ2n) is 5.01. The highest BCUT2D eigenvalue weighted by atomic mass is 15.2. The van der Waals surface area contributed by atoms with Crippen LogP contribution in [-0.4, -0.2) is 31.1 Å². The van der Waals surface area contributed by atoms with E-state index in [1.807, 2.05) is 0 Å². The Bertz CT molecular complexity index is 310. The Morgan fingerprint density at radius 2 is 2.00 bits per heavy atom. The lowest BCUT2D eigenvalue weighted by Gasteiger charge is -2.36. The molecule has 1 N–H and O–H groups in total. The average molecular weight is 218 g/mol. The Morgan fingerprint density at radius 3 is 2.69 bits per heavy atom. The van der Waals surface area contributed by atoms with E-state index in [4.69, 9.17) is 0 Å². The van der Waals surface area contributed by atoms with Gasteiger partial charge in [-0.25, -0.2) is 0 Å². The van der Waals surface area contributed by atoms with Crippen LogP contribution in [0.1, 0.15) is 18.9 Å². The van der Waals surface area contributed by atoms with Crippen molar-refractivity contribution in [2.45, 2.75) is 25.9 Å². The summed E-state index contributed by atoms with van der Waals surface area (Å²) in [5.74, 6) is 0.801. The standard InChI is InChI=1S/C14H22N2/c1-12-8-14(15-2)11-16(9-12)10-13-6-4-3-5-7-13/h3-7,12,14-15H,8-11H2,1-2H3. The molecule has 88 valence electrons. The van der Waals surface area contributed by atoms with E-state index in [9.17, 15) is 0 Å². The van der Waals surface area contributed by atoms with Crippen molar-refractivity contribution in [1.82, 2.24) is 10.2 Å². The molecule has 1 fully saturated rings. The molecule has 1 aromatic carbocycles. The van der Waals surface area contributed by atoms with Crippen LogP contribution in [-0.2, 0) is 6.54 Å². The summed E-state index contributed by atoms with van der Waals surface area (Å²) in [4.78, 5) is 2.56. The van der Waals surface area contributed by atoms with Crippen molar-refractivity contribution in [2.75, 3.05) is 20.1 Å². The second-order valence-corrected chi connectivity index (χ2v) is 5.01. The van der Waals surface area contributed by atoms with Gasteiger partial charge in [-0.3, -0.25) is 4.90 Å². The third-order valence-electron chi connectivity index (χ3n) is 3.39. The topological polar surface area (TPSA) is 15.3 Å². The van der Waals surface area contributed by atoms with Gasteiger partial charge in [0.1, 0.15) is 0 Å². The fraction of sp³-hybridized carbons (Fsp3) is 0.571. The molecular weight excluding hydrogens is 196 g/mol. The smallest absolute Gasteiger partial charge is 0.0234 e. The van der Waals surface area contributed by atoms with Crippen molar-refractivity contribution < 1.29 is 0 Å². The lowest BCUT2D eigenvalue weighted by molar-refractivity contribution is 0.146. The molecule has 2 unspecified atom stereocenters. The van der Waals surface area contributed by atoms with E-state index in [0.29, 0.717) is 6.04 Å². The largest absolute Gasteiger partial charge is 0.316 e. The SMILES string of the molecule is CNC1CC(C)CN(Cc2ccccc2)C1. The fourth-order valence-electron chi connectivity index (χ4n) is 2.64. The summed E-state index contributed by atoms with van der Waals surface area (Å²) in [5.41, 5.74) is 1.42. The number of nitrogens with zero attached hydrogens (tertiary/aromatic N) is 1. The van der Waals surface area contributed by atoms with Crippen molar-refractivity contribution in [3.05, 3.63) is 35.9 Å². The minimum absolute atomic E-state index is 0.660. The molecule has 1 aliphatic heterocycles. The van der Waals surface area contributed by atoms with Gasteiger partial charge in [-0.1, -0.05) is 37.3 Å². The highest BCUT2D eigenvalue weighted by Crippen LogP contribution is 2.18. The van der Waals surface area contributed by atoms with Crippen LogP contribution in [0.3, 0.4) is 0 Å². The molecule has 0 radical (unpaired) electrons. The summed E-state index contributed by atoms with van der Waals surface area (Å²) in [7, 11) is 2.07. The minimum Gasteiger partial charge on any atom is -0.316 e. The van der Waals surface area contributed by atoms with Gasteiger partial charge in [0.15, 0.2) is 0 Å². The van der Waals surface area contributed by atoms with Crippen molar-refractivity contribution in [2.24, 2.45) is 5.92 Å². The van der Waals surface area contributed by atoms with Crippen LogP contribution in [0.5, 0.6) is 0 Å². The van der Waals surface area contributed by atoms with Crippen LogP contribution >= 0.6 is 0 Å². The monoisotopic (exact) mass is 218 g/mol. The number of hydrogen-bond donors (Lipinski definition) is 1. The summed E-state index contributed by atoms with van der Waals surface area (Å²) in [6, 6.07) is 11.4. The van der Waals surface area contributed by atoms with Crippen molar-refractivity contribution in [3.63, 3.8) is 0 Å². The Balaban J connectivity index is 1.94. The molecular formula is C14H22N2. The number of piperidine rings is 1. The maximum Gasteiger partial charge on any atom is 0.0234 e. The minimum atomic E-state index is 0.660. The maximum atomic E-state index is 3.41. The average Bonchev–Trinajstić information content (AvgIpc) is 2.29. The quantitative estimate of drug-likeness (QED) is 0.836. The number of nitrogens with one attached hydrogen (secondary N) is 1. The lowest BCUT2D eigenvalue weighted by atomic mass is 9.95. The normalized spacial score (nSPS) is 26.9. The first-order valence-electron chi connectivity index (χ1n) is 6.21. The Kier molecular flexibility index (Phi) is 3.97. The number of likely N-dealkylation sites (N-methyl/N-ethyl adjacent to an activating group) is 1. The lowest BCUT2D eigenvalue weighted by Crippen LogP contribution is -2.47. The van der Waals surface area contributed by atoms with Crippen LogP contribution < -0.4 is 5.32 Å². The zero-order valence-corrected chi connectivity index (χ0v) is 10.3. The molecule has 1 aromatic rings. The van der Waals surface area contributed by atoms with Gasteiger partial charge in [-0.15, -0.1) is 0 Å². The van der Waals surface area contributed by atoms with E-state index in [0.717, 1.165) is 12.5 Å². The van der Waals surface area contributed by atoms with Crippen LogP contribution in [0.25, 0.3) is 0 Å². The van der Waals surface area contributed by atoms with Crippen LogP contribution in [0.15, 0.2) is 30.3 Å². The van der Waals surface area contributed by atoms with E-state index < -0.39 is 0 Å². The number of likely N-dealkylation sites (tertiary alicyclic amines) is 1. The highest BCUT2D eigenvalue weighted by molar-refractivity contribution is 5.14. The summed E-state index contributed by atoms with van der Waals surface area (Å²) < 4.78 is 0. The number of hydrogen-bond acceptors (Lipinski definition) is 2. The van der Waals surface area contributed by atoms with Gasteiger partial charge in [0.25, 0.3) is 0 Å². The molecule has 2 atom stereocenters. The van der Waals surface area contributed by atoms with E-state index in [1.165, 1.54) is 25.1 Å². The van der Waals surface area contributed by atoms with Gasteiger partial charge in [0.2, 0.25) is 0 Å². The Hall–Kier alpha value is -0.860. The summed E-state index contributed by atoms with van der Waals surface area (Å²) in [6.45, 7) is 5.84. The Labute approximate surface area is 98.7 Å². The highest BCUT2D eigenvalue weighted by Gasteiger charge is 2.23. The van der Waals surface area contributed by atoms with E-state index in [2.05, 4.69) is 54.5 Å². The molecule has 1 heterocycles. The first-order valence-corrected chi connectivity index (χ1v) is 6.21. The second kappa shape index (κ2) is 5.46. The summed E-state index contributed by atoms with van der Waals surface area (Å²) >= 11 is 0. The van der Waals surface area contributed by atoms with Gasteiger partial charge in [0, 0.05) is 25.7 Å².